The molecule has 9 heteroatoms. The number of urea groups is 1. The zero-order chi connectivity index (χ0) is 18.8. The van der Waals surface area contributed by atoms with Crippen molar-refractivity contribution in [2.45, 2.75) is 0 Å². The van der Waals surface area contributed by atoms with Gasteiger partial charge in [0.05, 0.1) is 11.2 Å². The molecule has 132 valence electrons. The van der Waals surface area contributed by atoms with Gasteiger partial charge in [-0.25, -0.2) is 4.79 Å². The van der Waals surface area contributed by atoms with Crippen LogP contribution in [-0.4, -0.2) is 23.2 Å². The molecule has 1 saturated heterocycles. The molecule has 1 heterocycles. The first-order valence-corrected chi connectivity index (χ1v) is 8.67. The Balaban J connectivity index is 1.84. The smallest absolute Gasteiger partial charge is 0.301 e. The summed E-state index contributed by atoms with van der Waals surface area (Å²) in [5.74, 6) is -0.623. The Morgan fingerprint density at radius 2 is 1.46 bits per heavy atom. The van der Waals surface area contributed by atoms with Crippen LogP contribution in [0.3, 0.4) is 0 Å². The van der Waals surface area contributed by atoms with Crippen LogP contribution in [0.1, 0.15) is 11.1 Å². The van der Waals surface area contributed by atoms with Gasteiger partial charge >= 0.3 is 6.03 Å². The zero-order valence-electron chi connectivity index (χ0n) is 12.8. The van der Waals surface area contributed by atoms with Gasteiger partial charge in [-0.05, 0) is 35.9 Å². The molecule has 0 atom stereocenters. The Hall–Kier alpha value is -2.05. The van der Waals surface area contributed by atoms with Crippen LogP contribution in [0.5, 0.6) is 0 Å². The molecular weight excluding hydrogens is 420 g/mol. The van der Waals surface area contributed by atoms with Gasteiger partial charge in [0.2, 0.25) is 0 Å². The van der Waals surface area contributed by atoms with Crippen LogP contribution in [0.25, 0.3) is 6.08 Å². The van der Waals surface area contributed by atoms with Crippen molar-refractivity contribution in [1.82, 2.24) is 10.3 Å². The number of amides is 3. The zero-order valence-corrected chi connectivity index (χ0v) is 15.9. The maximum absolute atomic E-state index is 12.4. The Labute approximate surface area is 168 Å². The summed E-state index contributed by atoms with van der Waals surface area (Å²) in [5, 5.41) is 8.66. The third-order valence-electron chi connectivity index (χ3n) is 3.39. The average molecular weight is 429 g/mol. The number of nitrogens with one attached hydrogen (secondary N) is 1. The van der Waals surface area contributed by atoms with E-state index in [1.54, 1.807) is 24.3 Å². The van der Waals surface area contributed by atoms with Crippen molar-refractivity contribution >= 4 is 70.6 Å². The highest BCUT2D eigenvalue weighted by Gasteiger charge is 2.33. The number of benzene rings is 2. The van der Waals surface area contributed by atoms with Gasteiger partial charge in [0.15, 0.2) is 0 Å². The van der Waals surface area contributed by atoms with Crippen molar-refractivity contribution in [2.75, 3.05) is 0 Å². The highest BCUT2D eigenvalue weighted by molar-refractivity contribution is 6.36. The van der Waals surface area contributed by atoms with Crippen LogP contribution in [0.4, 0.5) is 4.79 Å². The van der Waals surface area contributed by atoms with Gasteiger partial charge in [-0.3, -0.25) is 4.79 Å². The highest BCUT2D eigenvalue weighted by atomic mass is 35.5. The maximum Gasteiger partial charge on any atom is 0.350 e. The summed E-state index contributed by atoms with van der Waals surface area (Å²) < 4.78 is 0. The lowest BCUT2D eigenvalue weighted by molar-refractivity contribution is -0.122. The van der Waals surface area contributed by atoms with Crippen LogP contribution in [-0.2, 0) is 4.79 Å². The minimum Gasteiger partial charge on any atom is -0.301 e. The van der Waals surface area contributed by atoms with Gasteiger partial charge < -0.3 is 5.32 Å². The van der Waals surface area contributed by atoms with Crippen molar-refractivity contribution in [3.63, 3.8) is 0 Å². The number of hydrogen-bond donors (Lipinski definition) is 1. The minimum atomic E-state index is -0.687. The van der Waals surface area contributed by atoms with E-state index in [0.717, 1.165) is 0 Å². The van der Waals surface area contributed by atoms with Crippen molar-refractivity contribution in [3.05, 3.63) is 73.3 Å². The van der Waals surface area contributed by atoms with E-state index in [0.29, 0.717) is 36.2 Å². The number of carbonyl (C=O) groups is 2. The molecule has 2 aromatic rings. The topological polar surface area (TPSA) is 61.8 Å². The first-order chi connectivity index (χ1) is 12.3. The largest absolute Gasteiger partial charge is 0.350 e. The summed E-state index contributed by atoms with van der Waals surface area (Å²) in [7, 11) is 0. The number of rotatable bonds is 3. The molecule has 5 nitrogen and oxygen atoms in total. The Bertz CT molecular complexity index is 972. The predicted octanol–water partition coefficient (Wildman–Crippen LogP) is 5.23. The molecule has 1 fully saturated rings. The summed E-state index contributed by atoms with van der Waals surface area (Å²) in [6, 6.07) is 8.88. The van der Waals surface area contributed by atoms with Gasteiger partial charge in [-0.1, -0.05) is 58.5 Å². The summed E-state index contributed by atoms with van der Waals surface area (Å²) in [6.07, 6.45) is 2.75. The first-order valence-electron chi connectivity index (χ1n) is 7.16. The highest BCUT2D eigenvalue weighted by Crippen LogP contribution is 2.24. The third kappa shape index (κ3) is 4.02. The molecule has 1 aliphatic rings. The second kappa shape index (κ2) is 7.68. The summed E-state index contributed by atoms with van der Waals surface area (Å²) in [6.45, 7) is 0. The van der Waals surface area contributed by atoms with Crippen LogP contribution >= 0.6 is 46.4 Å². The normalized spacial score (nSPS) is 16.0. The third-order valence-corrected chi connectivity index (χ3v) is 4.52. The Morgan fingerprint density at radius 1 is 0.885 bits per heavy atom. The molecule has 0 saturated carbocycles. The molecular formula is C17H9Cl4N3O2. The maximum atomic E-state index is 12.4. The van der Waals surface area contributed by atoms with E-state index in [4.69, 9.17) is 46.4 Å². The van der Waals surface area contributed by atoms with Crippen LogP contribution in [0, 0.1) is 0 Å². The van der Waals surface area contributed by atoms with Gasteiger partial charge in [0, 0.05) is 20.6 Å². The first kappa shape index (κ1) is 18.7. The number of hydrogen-bond acceptors (Lipinski definition) is 3. The number of nitrogens with zero attached hydrogens (tertiary/aromatic N) is 2. The molecule has 0 bridgehead atoms. The van der Waals surface area contributed by atoms with Gasteiger partial charge in [0.1, 0.15) is 5.70 Å². The summed E-state index contributed by atoms with van der Waals surface area (Å²) in [5.41, 5.74) is 1.08. The number of imide groups is 1. The van der Waals surface area contributed by atoms with E-state index in [1.165, 1.54) is 24.4 Å². The molecule has 2 aromatic carbocycles. The van der Waals surface area contributed by atoms with Crippen molar-refractivity contribution in [3.8, 4) is 0 Å². The molecule has 0 spiro atoms. The lowest BCUT2D eigenvalue weighted by atomic mass is 10.2. The fourth-order valence-corrected chi connectivity index (χ4v) is 3.05. The van der Waals surface area contributed by atoms with E-state index in [2.05, 4.69) is 10.4 Å². The Morgan fingerprint density at radius 3 is 2.04 bits per heavy atom. The van der Waals surface area contributed by atoms with Crippen molar-refractivity contribution in [1.29, 1.82) is 0 Å². The Kier molecular flexibility index (Phi) is 5.53. The lowest BCUT2D eigenvalue weighted by Crippen LogP contribution is -2.25. The molecule has 1 aliphatic heterocycles. The minimum absolute atomic E-state index is 0.0403. The van der Waals surface area contributed by atoms with Crippen LogP contribution < -0.4 is 5.32 Å². The number of hydrazone groups is 1. The second-order valence-electron chi connectivity index (χ2n) is 5.18. The molecule has 0 radical (unpaired) electrons. The van der Waals surface area contributed by atoms with E-state index in [-0.39, 0.29) is 5.70 Å². The standard InChI is InChI=1S/C17H9Cl4N3O2/c18-11-3-1-9(13(20)6-11)5-15-16(25)24(17(26)23-15)22-8-10-2-4-12(19)7-14(10)21/h1-8H,(H,23,26)/b15-5-,22-8+. The van der Waals surface area contributed by atoms with Gasteiger partial charge in [0.25, 0.3) is 5.91 Å². The number of halogens is 4. The average Bonchev–Trinajstić information content (AvgIpc) is 2.83. The summed E-state index contributed by atoms with van der Waals surface area (Å²) in [4.78, 5) is 24.4. The van der Waals surface area contributed by atoms with Crippen molar-refractivity contribution < 1.29 is 9.59 Å². The quantitative estimate of drug-likeness (QED) is 0.413. The molecule has 3 rings (SSSR count). The molecule has 0 aromatic heterocycles. The lowest BCUT2D eigenvalue weighted by Gasteiger charge is -2.04. The van der Waals surface area contributed by atoms with E-state index in [9.17, 15) is 9.59 Å². The number of carbonyl (C=O) groups excluding carboxylic acids is 2. The molecule has 0 unspecified atom stereocenters. The van der Waals surface area contributed by atoms with Gasteiger partial charge in [-0.2, -0.15) is 5.10 Å². The predicted molar refractivity (Wildman–Crippen MR) is 104 cm³/mol. The van der Waals surface area contributed by atoms with E-state index < -0.39 is 11.9 Å². The van der Waals surface area contributed by atoms with Crippen LogP contribution in [0.2, 0.25) is 20.1 Å². The van der Waals surface area contributed by atoms with Crippen LogP contribution in [0.15, 0.2) is 47.2 Å². The monoisotopic (exact) mass is 427 g/mol. The summed E-state index contributed by atoms with van der Waals surface area (Å²) >= 11 is 23.8. The fraction of sp³-hybridized carbons (Fsp3) is 0. The van der Waals surface area contributed by atoms with E-state index >= 15 is 0 Å². The molecule has 3 amide bonds. The van der Waals surface area contributed by atoms with Gasteiger partial charge in [-0.15, -0.1) is 5.01 Å². The second-order valence-corrected chi connectivity index (χ2v) is 6.87. The molecule has 0 aliphatic carbocycles. The fourth-order valence-electron chi connectivity index (χ4n) is 2.13. The molecule has 1 N–H and O–H groups in total. The SMILES string of the molecule is O=C1N/C(=C\c2ccc(Cl)cc2Cl)C(=O)N1/N=C/c1ccc(Cl)cc1Cl. The molecule has 26 heavy (non-hydrogen) atoms. The van der Waals surface area contributed by atoms with E-state index in [1.807, 2.05) is 0 Å². The van der Waals surface area contributed by atoms with Crippen molar-refractivity contribution in [2.24, 2.45) is 5.10 Å².